The van der Waals surface area contributed by atoms with Crippen LogP contribution in [-0.2, 0) is 11.2 Å². The van der Waals surface area contributed by atoms with Gasteiger partial charge in [0.25, 0.3) is 5.91 Å². The quantitative estimate of drug-likeness (QED) is 0.845. The van der Waals surface area contributed by atoms with Crippen LogP contribution in [0.4, 0.5) is 0 Å². The molecule has 1 amide bonds. The summed E-state index contributed by atoms with van der Waals surface area (Å²) in [6.07, 6.45) is 6.66. The fourth-order valence-electron chi connectivity index (χ4n) is 2.86. The number of aryl methyl sites for hydroxylation is 1. The Morgan fingerprint density at radius 2 is 2.10 bits per heavy atom. The van der Waals surface area contributed by atoms with Crippen molar-refractivity contribution in [1.82, 2.24) is 5.32 Å². The lowest BCUT2D eigenvalue weighted by molar-refractivity contribution is -0.124. The first-order valence-electron chi connectivity index (χ1n) is 7.91. The van der Waals surface area contributed by atoms with Crippen molar-refractivity contribution in [2.45, 2.75) is 51.5 Å². The van der Waals surface area contributed by atoms with Crippen molar-refractivity contribution < 1.29 is 9.53 Å². The van der Waals surface area contributed by atoms with E-state index in [1.807, 2.05) is 19.1 Å². The molecule has 4 heteroatoms. The molecule has 2 rings (SSSR count). The topological polar surface area (TPSA) is 64.3 Å². The van der Waals surface area contributed by atoms with E-state index >= 15 is 0 Å². The van der Waals surface area contributed by atoms with Crippen molar-refractivity contribution >= 4 is 5.91 Å². The fourth-order valence-corrected chi connectivity index (χ4v) is 2.86. The highest BCUT2D eigenvalue weighted by atomic mass is 16.5. The third-order valence-electron chi connectivity index (χ3n) is 3.96. The summed E-state index contributed by atoms with van der Waals surface area (Å²) in [6, 6.07) is 6.32. The lowest BCUT2D eigenvalue weighted by Gasteiger charge is -2.22. The van der Waals surface area contributed by atoms with Crippen LogP contribution < -0.4 is 15.8 Å². The van der Waals surface area contributed by atoms with Crippen LogP contribution >= 0.6 is 0 Å². The Balaban J connectivity index is 1.85. The molecule has 0 atom stereocenters. The van der Waals surface area contributed by atoms with E-state index in [1.54, 1.807) is 0 Å². The third-order valence-corrected chi connectivity index (χ3v) is 3.96. The first-order chi connectivity index (χ1) is 10.2. The molecule has 3 N–H and O–H groups in total. The number of benzene rings is 1. The number of carbonyl (C=O) groups excluding carboxylic acids is 1. The van der Waals surface area contributed by atoms with E-state index in [4.69, 9.17) is 10.5 Å². The van der Waals surface area contributed by atoms with Crippen LogP contribution in [0.25, 0.3) is 0 Å². The molecule has 21 heavy (non-hydrogen) atoms. The zero-order valence-electron chi connectivity index (χ0n) is 12.9. The van der Waals surface area contributed by atoms with Crippen molar-refractivity contribution in [2.24, 2.45) is 5.73 Å². The maximum Gasteiger partial charge on any atom is 0.258 e. The molecule has 0 aliphatic heterocycles. The number of carbonyl (C=O) groups is 1. The van der Waals surface area contributed by atoms with Gasteiger partial charge in [0.2, 0.25) is 0 Å². The minimum Gasteiger partial charge on any atom is -0.483 e. The number of ether oxygens (including phenoxy) is 1. The molecule has 0 bridgehead atoms. The Kier molecular flexibility index (Phi) is 6.05. The lowest BCUT2D eigenvalue weighted by atomic mass is 9.95. The predicted molar refractivity (Wildman–Crippen MR) is 84.4 cm³/mol. The molecule has 0 radical (unpaired) electrons. The Bertz CT molecular complexity index is 468. The van der Waals surface area contributed by atoms with Crippen molar-refractivity contribution in [3.8, 4) is 5.75 Å². The molecule has 1 saturated carbocycles. The van der Waals surface area contributed by atoms with Crippen molar-refractivity contribution in [3.05, 3.63) is 29.3 Å². The van der Waals surface area contributed by atoms with Gasteiger partial charge in [-0.05, 0) is 44.4 Å². The van der Waals surface area contributed by atoms with E-state index in [0.29, 0.717) is 12.6 Å². The lowest BCUT2D eigenvalue weighted by Crippen LogP contribution is -2.39. The van der Waals surface area contributed by atoms with Crippen LogP contribution in [0.2, 0.25) is 0 Å². The molecule has 116 valence electrons. The van der Waals surface area contributed by atoms with E-state index in [2.05, 4.69) is 11.4 Å². The van der Waals surface area contributed by atoms with Gasteiger partial charge in [-0.1, -0.05) is 37.0 Å². The number of rotatable bonds is 6. The summed E-state index contributed by atoms with van der Waals surface area (Å²) >= 11 is 0. The molecule has 4 nitrogen and oxygen atoms in total. The second kappa shape index (κ2) is 8.03. The van der Waals surface area contributed by atoms with Crippen LogP contribution in [0.15, 0.2) is 18.2 Å². The smallest absolute Gasteiger partial charge is 0.258 e. The molecule has 1 aromatic rings. The van der Waals surface area contributed by atoms with Crippen LogP contribution in [0.1, 0.15) is 43.2 Å². The average molecular weight is 290 g/mol. The second-order valence-corrected chi connectivity index (χ2v) is 5.84. The van der Waals surface area contributed by atoms with Crippen molar-refractivity contribution in [3.63, 3.8) is 0 Å². The van der Waals surface area contributed by atoms with Crippen LogP contribution in [0.5, 0.6) is 5.75 Å². The Morgan fingerprint density at radius 3 is 2.81 bits per heavy atom. The van der Waals surface area contributed by atoms with E-state index in [-0.39, 0.29) is 12.5 Å². The highest BCUT2D eigenvalue weighted by Crippen LogP contribution is 2.21. The van der Waals surface area contributed by atoms with Gasteiger partial charge in [0.05, 0.1) is 0 Å². The van der Waals surface area contributed by atoms with Crippen molar-refractivity contribution in [2.75, 3.05) is 13.2 Å². The first kappa shape index (κ1) is 15.8. The molecule has 0 heterocycles. The summed E-state index contributed by atoms with van der Waals surface area (Å²) in [5, 5.41) is 3.06. The van der Waals surface area contributed by atoms with Crippen molar-refractivity contribution in [1.29, 1.82) is 0 Å². The number of hydrogen-bond donors (Lipinski definition) is 2. The minimum atomic E-state index is -0.0267. The normalized spacial score (nSPS) is 15.7. The molecule has 0 aromatic heterocycles. The van der Waals surface area contributed by atoms with E-state index < -0.39 is 0 Å². The maximum absolute atomic E-state index is 12.0. The molecule has 0 unspecified atom stereocenters. The summed E-state index contributed by atoms with van der Waals surface area (Å²) < 4.78 is 5.68. The molecule has 1 aliphatic rings. The van der Waals surface area contributed by atoms with E-state index in [9.17, 15) is 4.79 Å². The molecule has 0 saturated heterocycles. The number of nitrogens with one attached hydrogen (secondary N) is 1. The summed E-state index contributed by atoms with van der Waals surface area (Å²) in [5.74, 6) is 0.742. The third kappa shape index (κ3) is 5.05. The molecule has 1 aromatic carbocycles. The van der Waals surface area contributed by atoms with Gasteiger partial charge in [0, 0.05) is 6.04 Å². The minimum absolute atomic E-state index is 0.0267. The average Bonchev–Trinajstić information content (AvgIpc) is 2.48. The van der Waals surface area contributed by atoms with E-state index in [0.717, 1.165) is 30.6 Å². The first-order valence-corrected chi connectivity index (χ1v) is 7.91. The van der Waals surface area contributed by atoms with Gasteiger partial charge in [-0.15, -0.1) is 0 Å². The SMILES string of the molecule is Cc1ccc(OCC(=O)NC2CCCCC2)c(CCN)c1. The zero-order valence-corrected chi connectivity index (χ0v) is 12.9. The fraction of sp³-hybridized carbons (Fsp3) is 0.588. The van der Waals surface area contributed by atoms with Gasteiger partial charge >= 0.3 is 0 Å². The molecule has 0 spiro atoms. The number of amides is 1. The number of hydrogen-bond acceptors (Lipinski definition) is 3. The van der Waals surface area contributed by atoms with Crippen LogP contribution in [0.3, 0.4) is 0 Å². The standard InChI is InChI=1S/C17H26N2O2/c1-13-7-8-16(14(11-13)9-10-18)21-12-17(20)19-15-5-3-2-4-6-15/h7-8,11,15H,2-6,9-10,12,18H2,1H3,(H,19,20). The summed E-state index contributed by atoms with van der Waals surface area (Å²) in [7, 11) is 0. The summed E-state index contributed by atoms with van der Waals surface area (Å²) in [5.41, 5.74) is 7.87. The van der Waals surface area contributed by atoms with Gasteiger partial charge in [-0.3, -0.25) is 4.79 Å². The van der Waals surface area contributed by atoms with Gasteiger partial charge in [0.1, 0.15) is 5.75 Å². The largest absolute Gasteiger partial charge is 0.483 e. The van der Waals surface area contributed by atoms with Crippen LogP contribution in [0, 0.1) is 6.92 Å². The predicted octanol–water partition coefficient (Wildman–Crippen LogP) is 2.32. The number of nitrogens with two attached hydrogens (primary N) is 1. The van der Waals surface area contributed by atoms with Crippen LogP contribution in [-0.4, -0.2) is 25.1 Å². The Labute approximate surface area is 127 Å². The highest BCUT2D eigenvalue weighted by molar-refractivity contribution is 5.77. The van der Waals surface area contributed by atoms with Gasteiger partial charge in [0.15, 0.2) is 6.61 Å². The Morgan fingerprint density at radius 1 is 1.33 bits per heavy atom. The Hall–Kier alpha value is -1.55. The molecule has 1 aliphatic carbocycles. The van der Waals surface area contributed by atoms with E-state index in [1.165, 1.54) is 24.8 Å². The molecular formula is C17H26N2O2. The highest BCUT2D eigenvalue weighted by Gasteiger charge is 2.16. The second-order valence-electron chi connectivity index (χ2n) is 5.84. The monoisotopic (exact) mass is 290 g/mol. The summed E-state index contributed by atoms with van der Waals surface area (Å²) in [4.78, 5) is 12.0. The van der Waals surface area contributed by atoms with Gasteiger partial charge in [-0.25, -0.2) is 0 Å². The zero-order chi connectivity index (χ0) is 15.1. The van der Waals surface area contributed by atoms with Gasteiger partial charge < -0.3 is 15.8 Å². The van der Waals surface area contributed by atoms with Gasteiger partial charge in [-0.2, -0.15) is 0 Å². The molecular weight excluding hydrogens is 264 g/mol. The molecule has 1 fully saturated rings. The maximum atomic E-state index is 12.0. The summed E-state index contributed by atoms with van der Waals surface area (Å²) in [6.45, 7) is 2.70.